The zero-order valence-electron chi connectivity index (χ0n) is 17.6. The molecule has 0 aliphatic heterocycles. The van der Waals surface area contributed by atoms with Crippen LogP contribution < -0.4 is 25.8 Å². The van der Waals surface area contributed by atoms with Gasteiger partial charge in [0.05, 0.1) is 6.61 Å². The van der Waals surface area contributed by atoms with Gasteiger partial charge in [-0.2, -0.15) is 0 Å². The molecule has 3 rings (SSSR count). The molecule has 0 bridgehead atoms. The van der Waals surface area contributed by atoms with Crippen LogP contribution in [0.5, 0.6) is 11.5 Å². The van der Waals surface area contributed by atoms with Crippen LogP contribution in [0.2, 0.25) is 0 Å². The monoisotopic (exact) mass is 410 g/mol. The van der Waals surface area contributed by atoms with E-state index in [1.54, 1.807) is 13.1 Å². The van der Waals surface area contributed by atoms with Crippen LogP contribution in [0.1, 0.15) is 29.5 Å². The second kappa shape index (κ2) is 10.5. The number of aliphatic imine (C=N–C) groups is 1. The highest BCUT2D eigenvalue weighted by Gasteiger charge is 2.22. The first kappa shape index (κ1) is 21.5. The molecule has 160 valence electrons. The summed E-state index contributed by atoms with van der Waals surface area (Å²) in [4.78, 5) is 15.2. The number of amides is 1. The Kier molecular flexibility index (Phi) is 7.54. The van der Waals surface area contributed by atoms with Crippen LogP contribution in [0.15, 0.2) is 47.5 Å². The molecule has 1 aliphatic rings. The maximum Gasteiger partial charge on any atom is 0.255 e. The van der Waals surface area contributed by atoms with Crippen molar-refractivity contribution < 1.29 is 14.3 Å². The Bertz CT molecular complexity index is 894. The molecule has 1 amide bonds. The van der Waals surface area contributed by atoms with Crippen LogP contribution in [-0.2, 0) is 17.9 Å². The summed E-state index contributed by atoms with van der Waals surface area (Å²) in [6.07, 6.45) is 2.54. The van der Waals surface area contributed by atoms with Crippen molar-refractivity contribution in [2.45, 2.75) is 32.9 Å². The van der Waals surface area contributed by atoms with E-state index < -0.39 is 5.91 Å². The fourth-order valence-corrected chi connectivity index (χ4v) is 2.92. The summed E-state index contributed by atoms with van der Waals surface area (Å²) in [5.41, 5.74) is 8.41. The molecule has 0 saturated heterocycles. The summed E-state index contributed by atoms with van der Waals surface area (Å²) in [5, 5.41) is 6.63. The van der Waals surface area contributed by atoms with E-state index in [1.165, 1.54) is 18.4 Å². The summed E-state index contributed by atoms with van der Waals surface area (Å²) < 4.78 is 11.4. The van der Waals surface area contributed by atoms with E-state index in [-0.39, 0.29) is 6.61 Å². The van der Waals surface area contributed by atoms with Crippen LogP contribution in [0.25, 0.3) is 0 Å². The minimum Gasteiger partial charge on any atom is -0.493 e. The molecule has 30 heavy (non-hydrogen) atoms. The molecule has 0 spiro atoms. The van der Waals surface area contributed by atoms with E-state index in [1.807, 2.05) is 18.2 Å². The second-order valence-electron chi connectivity index (χ2n) is 7.55. The van der Waals surface area contributed by atoms with Crippen LogP contribution in [0.3, 0.4) is 0 Å². The number of carbonyl (C=O) groups is 1. The lowest BCUT2D eigenvalue weighted by Gasteiger charge is -2.16. The summed E-state index contributed by atoms with van der Waals surface area (Å²) in [6.45, 7) is 3.90. The Morgan fingerprint density at radius 1 is 1.13 bits per heavy atom. The normalized spacial score (nSPS) is 13.6. The minimum absolute atomic E-state index is 0.137. The van der Waals surface area contributed by atoms with Crippen molar-refractivity contribution in [1.82, 2.24) is 10.6 Å². The first-order valence-electron chi connectivity index (χ1n) is 10.2. The van der Waals surface area contributed by atoms with Crippen LogP contribution in [-0.4, -0.2) is 32.1 Å². The van der Waals surface area contributed by atoms with E-state index in [4.69, 9.17) is 15.2 Å². The lowest BCUT2D eigenvalue weighted by molar-refractivity contribution is -0.119. The van der Waals surface area contributed by atoms with Crippen molar-refractivity contribution in [2.24, 2.45) is 16.6 Å². The van der Waals surface area contributed by atoms with Gasteiger partial charge in [-0.25, -0.2) is 0 Å². The molecule has 0 unspecified atom stereocenters. The molecule has 0 atom stereocenters. The van der Waals surface area contributed by atoms with Gasteiger partial charge in [-0.3, -0.25) is 9.79 Å². The lowest BCUT2D eigenvalue weighted by Crippen LogP contribution is -2.36. The lowest BCUT2D eigenvalue weighted by atomic mass is 10.1. The second-order valence-corrected chi connectivity index (χ2v) is 7.55. The van der Waals surface area contributed by atoms with Gasteiger partial charge in [0.2, 0.25) is 0 Å². The highest BCUT2D eigenvalue weighted by Crippen LogP contribution is 2.30. The molecule has 7 nitrogen and oxygen atoms in total. The van der Waals surface area contributed by atoms with Crippen LogP contribution in [0, 0.1) is 12.8 Å². The Balaban J connectivity index is 1.53. The van der Waals surface area contributed by atoms with Crippen LogP contribution in [0.4, 0.5) is 0 Å². The largest absolute Gasteiger partial charge is 0.493 e. The van der Waals surface area contributed by atoms with Crippen molar-refractivity contribution in [3.63, 3.8) is 0 Å². The Hall–Kier alpha value is -3.22. The fourth-order valence-electron chi connectivity index (χ4n) is 2.92. The number of benzene rings is 2. The van der Waals surface area contributed by atoms with Gasteiger partial charge in [0.1, 0.15) is 11.5 Å². The Morgan fingerprint density at radius 3 is 2.67 bits per heavy atom. The van der Waals surface area contributed by atoms with Crippen molar-refractivity contribution >= 4 is 11.9 Å². The average molecular weight is 411 g/mol. The number of nitrogens with one attached hydrogen (secondary N) is 2. The maximum atomic E-state index is 10.9. The molecule has 4 N–H and O–H groups in total. The number of ether oxygens (including phenoxy) is 2. The fraction of sp³-hybridized carbons (Fsp3) is 0.391. The summed E-state index contributed by atoms with van der Waals surface area (Å²) in [7, 11) is 1.74. The molecular formula is C23H30N4O3. The highest BCUT2D eigenvalue weighted by molar-refractivity contribution is 5.79. The Labute approximate surface area is 177 Å². The molecule has 1 fully saturated rings. The van der Waals surface area contributed by atoms with Gasteiger partial charge in [-0.1, -0.05) is 24.3 Å². The van der Waals surface area contributed by atoms with E-state index in [0.717, 1.165) is 23.5 Å². The summed E-state index contributed by atoms with van der Waals surface area (Å²) in [6, 6.07) is 13.8. The third-order valence-electron chi connectivity index (χ3n) is 4.80. The van der Waals surface area contributed by atoms with Gasteiger partial charge in [0.25, 0.3) is 5.91 Å². The third kappa shape index (κ3) is 6.99. The number of hydrogen-bond acceptors (Lipinski definition) is 4. The minimum atomic E-state index is -0.500. The molecular weight excluding hydrogens is 380 g/mol. The SMILES string of the molecule is CN=C(NCc1cccc(OCC(N)=O)c1)NCc1ccc(C)cc1OCC1CC1. The smallest absolute Gasteiger partial charge is 0.255 e. The standard InChI is InChI=1S/C23H30N4O3/c1-16-6-9-19(21(10-16)30-14-17-7-8-17)13-27-23(25-2)26-12-18-4-3-5-20(11-18)29-15-22(24)28/h3-6,9-11,17H,7-8,12-15H2,1-2H3,(H2,24,28)(H2,25,26,27). The molecule has 0 heterocycles. The van der Waals surface area contributed by atoms with E-state index >= 15 is 0 Å². The molecule has 0 radical (unpaired) electrons. The third-order valence-corrected chi connectivity index (χ3v) is 4.80. The van der Waals surface area contributed by atoms with Crippen LogP contribution >= 0.6 is 0 Å². The van der Waals surface area contributed by atoms with Crippen molar-refractivity contribution in [3.05, 3.63) is 59.2 Å². The van der Waals surface area contributed by atoms with Gasteiger partial charge in [0, 0.05) is 25.7 Å². The number of guanidine groups is 1. The van der Waals surface area contributed by atoms with Gasteiger partial charge < -0.3 is 25.8 Å². The number of hydrogen-bond donors (Lipinski definition) is 3. The summed E-state index contributed by atoms with van der Waals surface area (Å²) in [5.74, 6) is 2.44. The Morgan fingerprint density at radius 2 is 1.93 bits per heavy atom. The quantitative estimate of drug-likeness (QED) is 0.413. The van der Waals surface area contributed by atoms with Crippen molar-refractivity contribution in [3.8, 4) is 11.5 Å². The zero-order valence-corrected chi connectivity index (χ0v) is 17.6. The topological polar surface area (TPSA) is 98.0 Å². The molecule has 2 aromatic rings. The van der Waals surface area contributed by atoms with Gasteiger partial charge in [0.15, 0.2) is 12.6 Å². The first-order chi connectivity index (χ1) is 14.5. The maximum absolute atomic E-state index is 10.9. The number of carbonyl (C=O) groups excluding carboxylic acids is 1. The average Bonchev–Trinajstić information content (AvgIpc) is 3.57. The number of nitrogens with zero attached hydrogens (tertiary/aromatic N) is 1. The summed E-state index contributed by atoms with van der Waals surface area (Å²) >= 11 is 0. The van der Waals surface area contributed by atoms with Gasteiger partial charge in [-0.15, -0.1) is 0 Å². The van der Waals surface area contributed by atoms with Gasteiger partial charge >= 0.3 is 0 Å². The molecule has 1 saturated carbocycles. The number of nitrogens with two attached hydrogens (primary N) is 1. The zero-order chi connectivity index (χ0) is 21.3. The molecule has 1 aliphatic carbocycles. The molecule has 2 aromatic carbocycles. The molecule has 0 aromatic heterocycles. The van der Waals surface area contributed by atoms with Crippen molar-refractivity contribution in [1.29, 1.82) is 0 Å². The van der Waals surface area contributed by atoms with E-state index in [0.29, 0.717) is 30.7 Å². The number of rotatable bonds is 10. The first-order valence-corrected chi connectivity index (χ1v) is 10.2. The predicted octanol–water partition coefficient (Wildman–Crippen LogP) is 2.51. The van der Waals surface area contributed by atoms with Crippen molar-refractivity contribution in [2.75, 3.05) is 20.3 Å². The van der Waals surface area contributed by atoms with E-state index in [2.05, 4.69) is 40.7 Å². The molecule has 7 heteroatoms. The van der Waals surface area contributed by atoms with Gasteiger partial charge in [-0.05, 0) is 55.0 Å². The predicted molar refractivity (Wildman–Crippen MR) is 118 cm³/mol. The van der Waals surface area contributed by atoms with E-state index in [9.17, 15) is 4.79 Å². The number of primary amides is 1. The number of aryl methyl sites for hydroxylation is 1. The highest BCUT2D eigenvalue weighted by atomic mass is 16.5.